The minimum Gasteiger partial charge on any atom is -0.497 e. The molecular formula is C18H20N2O. The summed E-state index contributed by atoms with van der Waals surface area (Å²) in [7, 11) is 1.66. The number of nitrogens with zero attached hydrogens (tertiary/aromatic N) is 1. The quantitative estimate of drug-likeness (QED) is 0.882. The van der Waals surface area contributed by atoms with E-state index in [-0.39, 0.29) is 6.04 Å². The molecule has 0 aliphatic rings. The Bertz CT molecular complexity index is 614. The molecule has 3 heteroatoms. The smallest absolute Gasteiger partial charge is 0.121 e. The van der Waals surface area contributed by atoms with Crippen LogP contribution in [-0.4, -0.2) is 13.7 Å². The number of nitrogens with one attached hydrogen (secondary N) is 1. The number of nitriles is 1. The number of rotatable bonds is 6. The molecule has 0 heterocycles. The zero-order valence-corrected chi connectivity index (χ0v) is 12.5. The highest BCUT2D eigenvalue weighted by atomic mass is 16.5. The van der Waals surface area contributed by atoms with E-state index in [0.717, 1.165) is 29.8 Å². The van der Waals surface area contributed by atoms with Crippen molar-refractivity contribution in [2.45, 2.75) is 19.4 Å². The van der Waals surface area contributed by atoms with Crippen molar-refractivity contribution in [2.75, 3.05) is 13.7 Å². The molecule has 21 heavy (non-hydrogen) atoms. The first-order valence-electron chi connectivity index (χ1n) is 7.06. The summed E-state index contributed by atoms with van der Waals surface area (Å²) in [5.41, 5.74) is 3.42. The zero-order chi connectivity index (χ0) is 15.1. The monoisotopic (exact) mass is 280 g/mol. The molecule has 0 bridgehead atoms. The van der Waals surface area contributed by atoms with Gasteiger partial charge in [-0.2, -0.15) is 5.26 Å². The van der Waals surface area contributed by atoms with Gasteiger partial charge in [0, 0.05) is 6.54 Å². The maximum atomic E-state index is 9.34. The fourth-order valence-corrected chi connectivity index (χ4v) is 2.29. The third-order valence-electron chi connectivity index (χ3n) is 3.55. The number of ether oxygens (including phenoxy) is 1. The molecule has 2 aromatic carbocycles. The lowest BCUT2D eigenvalue weighted by atomic mass is 10.0. The number of hydrogen-bond donors (Lipinski definition) is 1. The van der Waals surface area contributed by atoms with Crippen LogP contribution in [0.25, 0.3) is 0 Å². The van der Waals surface area contributed by atoms with Crippen LogP contribution in [0.5, 0.6) is 5.75 Å². The van der Waals surface area contributed by atoms with Gasteiger partial charge in [0.2, 0.25) is 0 Å². The average Bonchev–Trinajstić information content (AvgIpc) is 2.53. The van der Waals surface area contributed by atoms with E-state index in [2.05, 4.69) is 23.5 Å². The number of benzene rings is 2. The van der Waals surface area contributed by atoms with Crippen LogP contribution in [0.3, 0.4) is 0 Å². The highest BCUT2D eigenvalue weighted by Gasteiger charge is 2.11. The van der Waals surface area contributed by atoms with E-state index in [1.54, 1.807) is 7.11 Å². The first kappa shape index (κ1) is 15.1. The third-order valence-corrected chi connectivity index (χ3v) is 3.55. The Morgan fingerprint density at radius 1 is 1.14 bits per heavy atom. The molecule has 108 valence electrons. The van der Waals surface area contributed by atoms with Gasteiger partial charge in [-0.25, -0.2) is 0 Å². The minimum atomic E-state index is -0.260. The molecule has 1 N–H and O–H groups in total. The second-order valence-electron chi connectivity index (χ2n) is 4.97. The Labute approximate surface area is 126 Å². The fraction of sp³-hybridized carbons (Fsp3) is 0.278. The van der Waals surface area contributed by atoms with Crippen LogP contribution in [0.4, 0.5) is 0 Å². The Hall–Kier alpha value is -2.31. The Morgan fingerprint density at radius 2 is 1.86 bits per heavy atom. The molecule has 0 fully saturated rings. The maximum absolute atomic E-state index is 9.34. The molecule has 2 aromatic rings. The Morgan fingerprint density at radius 3 is 2.48 bits per heavy atom. The van der Waals surface area contributed by atoms with Crippen LogP contribution in [0.2, 0.25) is 0 Å². The largest absolute Gasteiger partial charge is 0.497 e. The van der Waals surface area contributed by atoms with Gasteiger partial charge in [0.05, 0.1) is 13.2 Å². The summed E-state index contributed by atoms with van der Waals surface area (Å²) in [5, 5.41) is 12.7. The lowest BCUT2D eigenvalue weighted by Gasteiger charge is -2.14. The zero-order valence-electron chi connectivity index (χ0n) is 12.5. The normalized spacial score (nSPS) is 11.7. The van der Waals surface area contributed by atoms with E-state index < -0.39 is 0 Å². The topological polar surface area (TPSA) is 45.0 Å². The van der Waals surface area contributed by atoms with Crippen molar-refractivity contribution in [1.29, 1.82) is 5.26 Å². The summed E-state index contributed by atoms with van der Waals surface area (Å²) in [4.78, 5) is 0. The predicted octanol–water partition coefficient (Wildman–Crippen LogP) is 3.40. The lowest BCUT2D eigenvalue weighted by Crippen LogP contribution is -2.23. The molecule has 1 unspecified atom stereocenters. The molecule has 2 rings (SSSR count). The van der Waals surface area contributed by atoms with Crippen molar-refractivity contribution in [2.24, 2.45) is 0 Å². The summed E-state index contributed by atoms with van der Waals surface area (Å²) in [6.45, 7) is 2.80. The van der Waals surface area contributed by atoms with Gasteiger partial charge in [0.25, 0.3) is 0 Å². The summed E-state index contributed by atoms with van der Waals surface area (Å²) >= 11 is 0. The number of methoxy groups -OCH3 is 1. The van der Waals surface area contributed by atoms with E-state index in [1.165, 1.54) is 5.56 Å². The predicted molar refractivity (Wildman–Crippen MR) is 84.2 cm³/mol. The summed E-state index contributed by atoms with van der Waals surface area (Å²) in [6, 6.07) is 18.1. The van der Waals surface area contributed by atoms with E-state index in [0.29, 0.717) is 0 Å². The van der Waals surface area contributed by atoms with Gasteiger partial charge >= 0.3 is 0 Å². The molecule has 0 aliphatic heterocycles. The van der Waals surface area contributed by atoms with Crippen LogP contribution in [0.1, 0.15) is 22.7 Å². The summed E-state index contributed by atoms with van der Waals surface area (Å²) in [5.74, 6) is 0.863. The minimum absolute atomic E-state index is 0.260. The highest BCUT2D eigenvalue weighted by molar-refractivity contribution is 5.32. The Balaban J connectivity index is 1.92. The van der Waals surface area contributed by atoms with Crippen LogP contribution in [-0.2, 0) is 6.42 Å². The second kappa shape index (κ2) is 7.47. The summed E-state index contributed by atoms with van der Waals surface area (Å²) in [6.07, 6.45) is 0.883. The van der Waals surface area contributed by atoms with E-state index in [9.17, 15) is 5.26 Å². The molecule has 0 saturated carbocycles. The van der Waals surface area contributed by atoms with Crippen LogP contribution >= 0.6 is 0 Å². The fourth-order valence-electron chi connectivity index (χ4n) is 2.29. The first-order valence-corrected chi connectivity index (χ1v) is 7.06. The van der Waals surface area contributed by atoms with Gasteiger partial charge < -0.3 is 4.74 Å². The van der Waals surface area contributed by atoms with Gasteiger partial charge in [-0.15, -0.1) is 0 Å². The third kappa shape index (κ3) is 4.08. The second-order valence-corrected chi connectivity index (χ2v) is 4.97. The Kier molecular flexibility index (Phi) is 5.36. The van der Waals surface area contributed by atoms with E-state index in [1.807, 2.05) is 43.3 Å². The van der Waals surface area contributed by atoms with Gasteiger partial charge in [-0.3, -0.25) is 5.32 Å². The molecule has 0 aromatic heterocycles. The van der Waals surface area contributed by atoms with Gasteiger partial charge in [-0.05, 0) is 42.2 Å². The van der Waals surface area contributed by atoms with Crippen LogP contribution in [0.15, 0.2) is 48.5 Å². The summed E-state index contributed by atoms with van der Waals surface area (Å²) < 4.78 is 5.14. The molecule has 0 aliphatic carbocycles. The van der Waals surface area contributed by atoms with Gasteiger partial charge in [-0.1, -0.05) is 36.4 Å². The standard InChI is InChI=1S/C18H20N2O/c1-14-5-3-4-6-17(14)18(13-19)20-12-11-15-7-9-16(21-2)10-8-15/h3-10,18,20H,11-12H2,1-2H3. The van der Waals surface area contributed by atoms with Crippen LogP contribution < -0.4 is 10.1 Å². The molecule has 0 radical (unpaired) electrons. The molecule has 1 atom stereocenters. The maximum Gasteiger partial charge on any atom is 0.121 e. The van der Waals surface area contributed by atoms with E-state index in [4.69, 9.17) is 4.74 Å². The van der Waals surface area contributed by atoms with E-state index >= 15 is 0 Å². The molecule has 0 spiro atoms. The van der Waals surface area contributed by atoms with Crippen molar-refractivity contribution in [3.8, 4) is 11.8 Å². The van der Waals surface area contributed by atoms with Crippen LogP contribution in [0, 0.1) is 18.3 Å². The number of hydrogen-bond acceptors (Lipinski definition) is 3. The van der Waals surface area contributed by atoms with Crippen molar-refractivity contribution in [1.82, 2.24) is 5.32 Å². The molecule has 3 nitrogen and oxygen atoms in total. The first-order chi connectivity index (χ1) is 10.2. The van der Waals surface area contributed by atoms with Gasteiger partial charge in [0.15, 0.2) is 0 Å². The SMILES string of the molecule is COc1ccc(CCNC(C#N)c2ccccc2C)cc1. The molecule has 0 amide bonds. The lowest BCUT2D eigenvalue weighted by molar-refractivity contribution is 0.414. The van der Waals surface area contributed by atoms with Gasteiger partial charge in [0.1, 0.15) is 11.8 Å². The van der Waals surface area contributed by atoms with Crippen molar-refractivity contribution in [3.63, 3.8) is 0 Å². The number of aryl methyl sites for hydroxylation is 1. The molecule has 0 saturated heterocycles. The van der Waals surface area contributed by atoms with Crippen molar-refractivity contribution >= 4 is 0 Å². The highest BCUT2D eigenvalue weighted by Crippen LogP contribution is 2.17. The molecular weight excluding hydrogens is 260 g/mol. The van der Waals surface area contributed by atoms with Crippen molar-refractivity contribution < 1.29 is 4.74 Å². The average molecular weight is 280 g/mol. The van der Waals surface area contributed by atoms with Crippen molar-refractivity contribution in [3.05, 3.63) is 65.2 Å².